The number of nitrogens with zero attached hydrogens (tertiary/aromatic N) is 3. The van der Waals surface area contributed by atoms with E-state index in [0.717, 1.165) is 5.56 Å². The zero-order chi connectivity index (χ0) is 18.0. The van der Waals surface area contributed by atoms with E-state index in [0.29, 0.717) is 6.54 Å². The van der Waals surface area contributed by atoms with E-state index in [-0.39, 0.29) is 36.3 Å². The molecule has 1 aliphatic heterocycles. The molecule has 2 aromatic rings. The molecule has 0 fully saturated rings. The monoisotopic (exact) mass is 345 g/mol. The SMILES string of the molecule is COC(=O)c1nn2c(c1OCc1ccccc1)C(=O)N(C)CC2CO. The summed E-state index contributed by atoms with van der Waals surface area (Å²) >= 11 is 0. The Morgan fingerprint density at radius 1 is 1.36 bits per heavy atom. The summed E-state index contributed by atoms with van der Waals surface area (Å²) in [6.45, 7) is 0.248. The molecule has 25 heavy (non-hydrogen) atoms. The van der Waals surface area contributed by atoms with Crippen LogP contribution in [0.3, 0.4) is 0 Å². The molecule has 1 amide bonds. The maximum atomic E-state index is 12.6. The molecule has 3 rings (SSSR count). The first-order valence-electron chi connectivity index (χ1n) is 7.80. The molecule has 0 saturated carbocycles. The predicted octanol–water partition coefficient (Wildman–Crippen LogP) is 0.868. The molecule has 2 heterocycles. The maximum absolute atomic E-state index is 12.6. The number of hydrogen-bond acceptors (Lipinski definition) is 6. The molecular weight excluding hydrogens is 326 g/mol. The largest absolute Gasteiger partial charge is 0.484 e. The van der Waals surface area contributed by atoms with E-state index < -0.39 is 12.0 Å². The van der Waals surface area contributed by atoms with Crippen molar-refractivity contribution in [3.05, 3.63) is 47.3 Å². The van der Waals surface area contributed by atoms with Crippen LogP contribution in [0.15, 0.2) is 30.3 Å². The van der Waals surface area contributed by atoms with Gasteiger partial charge in [0.15, 0.2) is 11.4 Å². The quantitative estimate of drug-likeness (QED) is 0.808. The molecule has 8 heteroatoms. The number of rotatable bonds is 5. The van der Waals surface area contributed by atoms with Gasteiger partial charge in [0.25, 0.3) is 5.91 Å². The fourth-order valence-corrected chi connectivity index (χ4v) is 2.77. The average molecular weight is 345 g/mol. The van der Waals surface area contributed by atoms with Crippen molar-refractivity contribution >= 4 is 11.9 Å². The van der Waals surface area contributed by atoms with E-state index in [2.05, 4.69) is 5.10 Å². The fourth-order valence-electron chi connectivity index (χ4n) is 2.77. The van der Waals surface area contributed by atoms with Crippen LogP contribution in [0.5, 0.6) is 5.75 Å². The van der Waals surface area contributed by atoms with Crippen LogP contribution in [0.4, 0.5) is 0 Å². The van der Waals surface area contributed by atoms with Gasteiger partial charge in [0.1, 0.15) is 6.61 Å². The normalized spacial score (nSPS) is 16.5. The number of benzene rings is 1. The highest BCUT2D eigenvalue weighted by atomic mass is 16.5. The van der Waals surface area contributed by atoms with E-state index in [9.17, 15) is 14.7 Å². The number of amides is 1. The van der Waals surface area contributed by atoms with Gasteiger partial charge < -0.3 is 19.5 Å². The van der Waals surface area contributed by atoms with Gasteiger partial charge in [-0.15, -0.1) is 0 Å². The number of methoxy groups -OCH3 is 1. The number of likely N-dealkylation sites (N-methyl/N-ethyl adjacent to an activating group) is 1. The maximum Gasteiger partial charge on any atom is 0.362 e. The molecule has 1 N–H and O–H groups in total. The van der Waals surface area contributed by atoms with Crippen molar-refractivity contribution in [2.24, 2.45) is 0 Å². The van der Waals surface area contributed by atoms with Crippen molar-refractivity contribution in [2.45, 2.75) is 12.6 Å². The fraction of sp³-hybridized carbons (Fsp3) is 0.353. The Balaban J connectivity index is 2.03. The second-order valence-corrected chi connectivity index (χ2v) is 5.76. The molecule has 1 aromatic heterocycles. The van der Waals surface area contributed by atoms with E-state index in [1.807, 2.05) is 30.3 Å². The summed E-state index contributed by atoms with van der Waals surface area (Å²) in [5.41, 5.74) is 0.952. The minimum absolute atomic E-state index is 0.0736. The van der Waals surface area contributed by atoms with Crippen LogP contribution in [0, 0.1) is 0 Å². The van der Waals surface area contributed by atoms with E-state index in [4.69, 9.17) is 9.47 Å². The van der Waals surface area contributed by atoms with Crippen LogP contribution in [0.1, 0.15) is 32.6 Å². The summed E-state index contributed by atoms with van der Waals surface area (Å²) in [6.07, 6.45) is 0. The molecule has 0 radical (unpaired) electrons. The average Bonchev–Trinajstić information content (AvgIpc) is 3.03. The predicted molar refractivity (Wildman–Crippen MR) is 87.4 cm³/mol. The molecule has 1 unspecified atom stereocenters. The third-order valence-corrected chi connectivity index (χ3v) is 4.06. The van der Waals surface area contributed by atoms with Gasteiger partial charge in [0, 0.05) is 13.6 Å². The number of carbonyl (C=O) groups is 2. The number of aromatic nitrogens is 2. The highest BCUT2D eigenvalue weighted by Gasteiger charge is 2.37. The summed E-state index contributed by atoms with van der Waals surface area (Å²) < 4.78 is 11.9. The van der Waals surface area contributed by atoms with Crippen molar-refractivity contribution < 1.29 is 24.2 Å². The van der Waals surface area contributed by atoms with Crippen LogP contribution in [0.25, 0.3) is 0 Å². The zero-order valence-corrected chi connectivity index (χ0v) is 14.0. The number of fused-ring (bicyclic) bond motifs is 1. The number of carbonyl (C=O) groups excluding carboxylic acids is 2. The third kappa shape index (κ3) is 3.08. The lowest BCUT2D eigenvalue weighted by atomic mass is 10.2. The lowest BCUT2D eigenvalue weighted by Gasteiger charge is -2.29. The summed E-state index contributed by atoms with van der Waals surface area (Å²) in [5, 5.41) is 13.8. The Kier molecular flexibility index (Phi) is 4.71. The summed E-state index contributed by atoms with van der Waals surface area (Å²) in [6, 6.07) is 8.92. The van der Waals surface area contributed by atoms with Crippen molar-refractivity contribution in [3.63, 3.8) is 0 Å². The Labute approximate surface area is 144 Å². The molecule has 0 aliphatic carbocycles. The molecular formula is C17H19N3O5. The van der Waals surface area contributed by atoms with Crippen LogP contribution < -0.4 is 4.74 Å². The highest BCUT2D eigenvalue weighted by molar-refractivity contribution is 6.01. The van der Waals surface area contributed by atoms with Crippen LogP contribution in [-0.4, -0.2) is 59.0 Å². The van der Waals surface area contributed by atoms with Crippen LogP contribution in [0.2, 0.25) is 0 Å². The lowest BCUT2D eigenvalue weighted by Crippen LogP contribution is -2.42. The Morgan fingerprint density at radius 3 is 2.72 bits per heavy atom. The number of aliphatic hydroxyl groups is 1. The lowest BCUT2D eigenvalue weighted by molar-refractivity contribution is 0.0583. The topological polar surface area (TPSA) is 93.9 Å². The molecule has 1 aliphatic rings. The Morgan fingerprint density at radius 2 is 2.08 bits per heavy atom. The van der Waals surface area contributed by atoms with Gasteiger partial charge in [-0.05, 0) is 5.56 Å². The van der Waals surface area contributed by atoms with Gasteiger partial charge in [-0.2, -0.15) is 5.10 Å². The second-order valence-electron chi connectivity index (χ2n) is 5.76. The van der Waals surface area contributed by atoms with Crippen molar-refractivity contribution in [3.8, 4) is 5.75 Å². The summed E-state index contributed by atoms with van der Waals surface area (Å²) in [7, 11) is 2.86. The van der Waals surface area contributed by atoms with Gasteiger partial charge in [-0.25, -0.2) is 9.48 Å². The number of aliphatic hydroxyl groups excluding tert-OH is 1. The van der Waals surface area contributed by atoms with Gasteiger partial charge in [0.05, 0.1) is 19.8 Å². The van der Waals surface area contributed by atoms with E-state index >= 15 is 0 Å². The molecule has 8 nitrogen and oxygen atoms in total. The van der Waals surface area contributed by atoms with Gasteiger partial charge in [-0.3, -0.25) is 4.79 Å². The minimum atomic E-state index is -0.697. The number of esters is 1. The van der Waals surface area contributed by atoms with Crippen LogP contribution >= 0.6 is 0 Å². The number of ether oxygens (including phenoxy) is 2. The van der Waals surface area contributed by atoms with Crippen LogP contribution in [-0.2, 0) is 11.3 Å². The molecule has 1 aromatic carbocycles. The van der Waals surface area contributed by atoms with Gasteiger partial charge in [-0.1, -0.05) is 30.3 Å². The second kappa shape index (κ2) is 6.94. The smallest absolute Gasteiger partial charge is 0.362 e. The van der Waals surface area contributed by atoms with Crippen molar-refractivity contribution in [1.29, 1.82) is 0 Å². The Bertz CT molecular complexity index is 787. The molecule has 132 valence electrons. The van der Waals surface area contributed by atoms with Crippen molar-refractivity contribution in [2.75, 3.05) is 27.3 Å². The van der Waals surface area contributed by atoms with Gasteiger partial charge >= 0.3 is 5.97 Å². The molecule has 0 saturated heterocycles. The molecule has 0 spiro atoms. The highest BCUT2D eigenvalue weighted by Crippen LogP contribution is 2.32. The standard InChI is InChI=1S/C17H19N3O5/c1-19-8-12(9-21)20-14(16(19)22)15(13(18-20)17(23)24-2)25-10-11-6-4-3-5-7-11/h3-7,12,21H,8-10H2,1-2H3. The summed E-state index contributed by atoms with van der Waals surface area (Å²) in [4.78, 5) is 26.1. The minimum Gasteiger partial charge on any atom is -0.484 e. The first-order chi connectivity index (χ1) is 12.1. The summed E-state index contributed by atoms with van der Waals surface area (Å²) in [5.74, 6) is -0.946. The van der Waals surface area contributed by atoms with Gasteiger partial charge in [0.2, 0.25) is 5.69 Å². The first-order valence-corrected chi connectivity index (χ1v) is 7.80. The Hall–Kier alpha value is -2.87. The zero-order valence-electron chi connectivity index (χ0n) is 14.0. The first kappa shape index (κ1) is 17.0. The molecule has 0 bridgehead atoms. The van der Waals surface area contributed by atoms with E-state index in [1.54, 1.807) is 7.05 Å². The molecule has 1 atom stereocenters. The van der Waals surface area contributed by atoms with Crippen molar-refractivity contribution in [1.82, 2.24) is 14.7 Å². The number of hydrogen-bond donors (Lipinski definition) is 1. The van der Waals surface area contributed by atoms with E-state index in [1.165, 1.54) is 16.7 Å². The third-order valence-electron chi connectivity index (χ3n) is 4.06.